The fraction of sp³-hybridized carbons (Fsp3) is 0.250. The van der Waals surface area contributed by atoms with Gasteiger partial charge in [0.05, 0.1) is 21.7 Å². The molecule has 0 saturated heterocycles. The maximum Gasteiger partial charge on any atom is 0.287 e. The summed E-state index contributed by atoms with van der Waals surface area (Å²) in [4.78, 5) is 19.8. The summed E-state index contributed by atoms with van der Waals surface area (Å²) in [6.07, 6.45) is -3.54. The van der Waals surface area contributed by atoms with Gasteiger partial charge in [0, 0.05) is 22.4 Å². The zero-order valence-electron chi connectivity index (χ0n) is 15.2. The Morgan fingerprint density at radius 1 is 1.25 bits per heavy atom. The molecule has 0 aliphatic carbocycles. The number of alkyl halides is 2. The molecule has 0 bridgehead atoms. The molecule has 0 radical (unpaired) electrons. The van der Waals surface area contributed by atoms with Crippen LogP contribution in [0.25, 0.3) is 21.5 Å². The van der Waals surface area contributed by atoms with Crippen molar-refractivity contribution in [1.82, 2.24) is 9.99 Å². The Balaban J connectivity index is 1.89. The minimum atomic E-state index is -3.15. The largest absolute Gasteiger partial charge is 0.364 e. The number of rotatable bonds is 3. The van der Waals surface area contributed by atoms with Gasteiger partial charge in [-0.05, 0) is 38.1 Å². The third-order valence-corrected chi connectivity index (χ3v) is 5.66. The van der Waals surface area contributed by atoms with Crippen LogP contribution in [0.15, 0.2) is 47.6 Å². The fourth-order valence-electron chi connectivity index (χ4n) is 3.30. The Kier molecular flexibility index (Phi) is 4.47. The van der Waals surface area contributed by atoms with Crippen LogP contribution < -0.4 is 0 Å². The number of hydrazone groups is 1. The summed E-state index contributed by atoms with van der Waals surface area (Å²) in [5, 5.41) is 15.4. The minimum absolute atomic E-state index is 0.171. The van der Waals surface area contributed by atoms with Crippen LogP contribution in [0.4, 0.5) is 8.78 Å². The number of fused-ring (bicyclic) bond motifs is 1. The number of halogens is 2. The van der Waals surface area contributed by atoms with Crippen LogP contribution >= 0.6 is 11.3 Å². The van der Waals surface area contributed by atoms with Gasteiger partial charge in [-0.25, -0.2) is 13.8 Å². The molecule has 1 aromatic carbocycles. The average Bonchev–Trinajstić information content (AvgIpc) is 3.23. The van der Waals surface area contributed by atoms with Crippen LogP contribution in [0.2, 0.25) is 0 Å². The molecular weight excluding hydrogens is 384 g/mol. The maximum atomic E-state index is 13.6. The molecule has 144 valence electrons. The Labute approximate surface area is 163 Å². The Morgan fingerprint density at radius 3 is 2.68 bits per heavy atom. The van der Waals surface area contributed by atoms with Crippen LogP contribution in [0.3, 0.4) is 0 Å². The zero-order chi connectivity index (χ0) is 20.1. The highest BCUT2D eigenvalue weighted by Crippen LogP contribution is 2.35. The molecular formula is C20H17F2N3O2S. The number of hydrogen-bond donors (Lipinski definition) is 1. The number of amides is 1. The monoisotopic (exact) mass is 401 g/mol. The number of benzene rings is 1. The van der Waals surface area contributed by atoms with Gasteiger partial charge in [0.15, 0.2) is 0 Å². The molecule has 0 unspecified atom stereocenters. The van der Waals surface area contributed by atoms with Crippen molar-refractivity contribution in [3.05, 3.63) is 52.9 Å². The second-order valence-electron chi connectivity index (χ2n) is 6.79. The maximum absolute atomic E-state index is 13.6. The van der Waals surface area contributed by atoms with Gasteiger partial charge in [0.25, 0.3) is 12.3 Å². The molecule has 2 aromatic heterocycles. The molecule has 3 heterocycles. The zero-order valence-corrected chi connectivity index (χ0v) is 16.0. The van der Waals surface area contributed by atoms with E-state index in [0.717, 1.165) is 9.75 Å². The summed E-state index contributed by atoms with van der Waals surface area (Å²) < 4.78 is 27.1. The number of aromatic nitrogens is 1. The Morgan fingerprint density at radius 2 is 2.00 bits per heavy atom. The Bertz CT molecular complexity index is 1110. The number of carbonyl (C=O) groups is 1. The van der Waals surface area contributed by atoms with Gasteiger partial charge in [0.1, 0.15) is 0 Å². The number of aryl methyl sites for hydroxylation is 1. The second-order valence-corrected chi connectivity index (χ2v) is 8.08. The van der Waals surface area contributed by atoms with E-state index in [1.54, 1.807) is 30.3 Å². The predicted octanol–water partition coefficient (Wildman–Crippen LogP) is 4.45. The van der Waals surface area contributed by atoms with Gasteiger partial charge in [-0.2, -0.15) is 10.1 Å². The summed E-state index contributed by atoms with van der Waals surface area (Å²) in [7, 11) is 0. The summed E-state index contributed by atoms with van der Waals surface area (Å²) in [6.45, 7) is 3.47. The number of hydrogen-bond acceptors (Lipinski definition) is 5. The Hall–Kier alpha value is -2.71. The van der Waals surface area contributed by atoms with Crippen molar-refractivity contribution >= 4 is 33.9 Å². The molecule has 1 N–H and O–H groups in total. The summed E-state index contributed by atoms with van der Waals surface area (Å²) in [5.74, 6) is -0.784. The van der Waals surface area contributed by atoms with Gasteiger partial charge >= 0.3 is 0 Å². The van der Waals surface area contributed by atoms with Crippen molar-refractivity contribution < 1.29 is 18.7 Å². The molecule has 1 aliphatic rings. The van der Waals surface area contributed by atoms with Gasteiger partial charge in [-0.15, -0.1) is 11.3 Å². The molecule has 4 rings (SSSR count). The van der Waals surface area contributed by atoms with Crippen LogP contribution in [-0.2, 0) is 0 Å². The minimum Gasteiger partial charge on any atom is -0.364 e. The standard InChI is InChI=1S/C20H17F2N3O2S/c1-11-10-20(27,19(21)22)25(24-11)18(26)14-9-16(17-8-7-12(2)28-17)23-15-6-4-3-5-13(14)15/h3-9,19,27H,10H2,1-2H3/t20-/m1/s1. The van der Waals surface area contributed by atoms with Gasteiger partial charge in [-0.3, -0.25) is 4.79 Å². The van der Waals surface area contributed by atoms with Gasteiger partial charge < -0.3 is 5.11 Å². The van der Waals surface area contributed by atoms with Gasteiger partial charge in [-0.1, -0.05) is 18.2 Å². The lowest BCUT2D eigenvalue weighted by Gasteiger charge is -2.30. The molecule has 3 aromatic rings. The van der Waals surface area contributed by atoms with E-state index in [4.69, 9.17) is 0 Å². The summed E-state index contributed by atoms with van der Waals surface area (Å²) >= 11 is 1.52. The van der Waals surface area contributed by atoms with Crippen LogP contribution in [0.1, 0.15) is 28.6 Å². The number of pyridine rings is 1. The first kappa shape index (κ1) is 18.6. The lowest BCUT2D eigenvalue weighted by Crippen LogP contribution is -2.51. The molecule has 0 spiro atoms. The molecule has 1 aliphatic heterocycles. The quantitative estimate of drug-likeness (QED) is 0.705. The highest BCUT2D eigenvalue weighted by atomic mass is 32.1. The van der Waals surface area contributed by atoms with Crippen molar-refractivity contribution in [2.24, 2.45) is 5.10 Å². The van der Waals surface area contributed by atoms with E-state index in [2.05, 4.69) is 10.1 Å². The van der Waals surface area contributed by atoms with E-state index in [0.29, 0.717) is 21.6 Å². The summed E-state index contributed by atoms with van der Waals surface area (Å²) in [6, 6.07) is 12.4. The summed E-state index contributed by atoms with van der Waals surface area (Å²) in [5.41, 5.74) is -1.08. The van der Waals surface area contributed by atoms with E-state index in [9.17, 15) is 18.7 Å². The van der Waals surface area contributed by atoms with Crippen molar-refractivity contribution in [2.75, 3.05) is 0 Å². The number of thiophene rings is 1. The van der Waals surface area contributed by atoms with E-state index in [1.165, 1.54) is 18.3 Å². The third kappa shape index (κ3) is 2.98. The van der Waals surface area contributed by atoms with Crippen molar-refractivity contribution in [3.8, 4) is 10.6 Å². The normalized spacial score (nSPS) is 19.5. The third-order valence-electron chi connectivity index (χ3n) is 4.63. The SMILES string of the molecule is CC1=NN(C(=O)c2cc(-c3ccc(C)s3)nc3ccccc23)[C@](O)(C(F)F)C1. The number of nitrogens with zero attached hydrogens (tertiary/aromatic N) is 3. The van der Waals surface area contributed by atoms with Crippen LogP contribution in [0.5, 0.6) is 0 Å². The molecule has 0 saturated carbocycles. The second kappa shape index (κ2) is 6.72. The highest BCUT2D eigenvalue weighted by Gasteiger charge is 2.51. The van der Waals surface area contributed by atoms with Crippen molar-refractivity contribution in [2.45, 2.75) is 32.4 Å². The molecule has 8 heteroatoms. The predicted molar refractivity (Wildman–Crippen MR) is 105 cm³/mol. The smallest absolute Gasteiger partial charge is 0.287 e. The van der Waals surface area contributed by atoms with Gasteiger partial charge in [0.2, 0.25) is 5.72 Å². The highest BCUT2D eigenvalue weighted by molar-refractivity contribution is 7.15. The van der Waals surface area contributed by atoms with Crippen LogP contribution in [-0.4, -0.2) is 38.9 Å². The average molecular weight is 401 g/mol. The lowest BCUT2D eigenvalue weighted by molar-refractivity contribution is -0.164. The first-order chi connectivity index (χ1) is 13.3. The molecule has 1 atom stereocenters. The fourth-order valence-corrected chi connectivity index (χ4v) is 4.13. The van der Waals surface area contributed by atoms with E-state index < -0.39 is 24.5 Å². The molecule has 28 heavy (non-hydrogen) atoms. The molecule has 0 fully saturated rings. The van der Waals surface area contributed by atoms with E-state index in [1.807, 2.05) is 19.1 Å². The number of para-hydroxylation sites is 1. The van der Waals surface area contributed by atoms with Crippen molar-refractivity contribution in [3.63, 3.8) is 0 Å². The first-order valence-electron chi connectivity index (χ1n) is 8.65. The van der Waals surface area contributed by atoms with Crippen LogP contribution in [0, 0.1) is 6.92 Å². The van der Waals surface area contributed by atoms with E-state index in [-0.39, 0.29) is 11.3 Å². The van der Waals surface area contributed by atoms with Crippen molar-refractivity contribution in [1.29, 1.82) is 0 Å². The number of aliphatic hydroxyl groups is 1. The molecule has 5 nitrogen and oxygen atoms in total. The topological polar surface area (TPSA) is 65.8 Å². The number of carbonyl (C=O) groups excluding carboxylic acids is 1. The lowest BCUT2D eigenvalue weighted by atomic mass is 10.0. The van der Waals surface area contributed by atoms with E-state index >= 15 is 0 Å². The molecule has 1 amide bonds. The first-order valence-corrected chi connectivity index (χ1v) is 9.47.